The summed E-state index contributed by atoms with van der Waals surface area (Å²) in [5, 5.41) is 11.0. The molecule has 1 heterocycles. The highest BCUT2D eigenvalue weighted by Crippen LogP contribution is 2.40. The Labute approximate surface area is 218 Å². The topological polar surface area (TPSA) is 125 Å². The molecule has 0 amide bonds. The second-order valence-corrected chi connectivity index (χ2v) is 9.54. The van der Waals surface area contributed by atoms with Gasteiger partial charge in [-0.15, -0.1) is 0 Å². The smallest absolute Gasteiger partial charge is 0.336 e. The fourth-order valence-corrected chi connectivity index (χ4v) is 4.31. The van der Waals surface area contributed by atoms with Gasteiger partial charge in [0.15, 0.2) is 0 Å². The Morgan fingerprint density at radius 3 is 2.54 bits per heavy atom. The van der Waals surface area contributed by atoms with E-state index in [0.717, 1.165) is 6.42 Å². The van der Waals surface area contributed by atoms with Crippen LogP contribution in [0.5, 0.6) is 0 Å². The van der Waals surface area contributed by atoms with Crippen LogP contribution in [-0.4, -0.2) is 66.9 Å². The number of aliphatic hydroxyl groups is 1. The molecule has 0 saturated carbocycles. The lowest BCUT2D eigenvalue weighted by molar-refractivity contribution is -0.163. The summed E-state index contributed by atoms with van der Waals surface area (Å²) in [5.74, 6) is -3.48. The van der Waals surface area contributed by atoms with Gasteiger partial charge in [-0.2, -0.15) is 0 Å². The highest BCUT2D eigenvalue weighted by Gasteiger charge is 2.53. The Morgan fingerprint density at radius 1 is 1.30 bits per heavy atom. The number of carbonyl (C=O) groups is 4. The predicted molar refractivity (Wildman–Crippen MR) is 135 cm³/mol. The number of Topliss-reactive ketones (excluding diaryl/α,β-unsaturated/α-hetero) is 1. The Hall–Kier alpha value is -3.04. The highest BCUT2D eigenvalue weighted by molar-refractivity contribution is 5.96. The van der Waals surface area contributed by atoms with Gasteiger partial charge in [-0.25, -0.2) is 14.4 Å². The number of allylic oxidation sites excluding steroid dienone is 2. The Kier molecular flexibility index (Phi) is 11.0. The maximum absolute atomic E-state index is 13.3. The monoisotopic (exact) mass is 518 g/mol. The molecular formula is C28H38O9. The predicted octanol–water partition coefficient (Wildman–Crippen LogP) is 3.16. The molecule has 1 aliphatic carbocycles. The van der Waals surface area contributed by atoms with Crippen LogP contribution in [0.1, 0.15) is 53.4 Å². The van der Waals surface area contributed by atoms with E-state index in [2.05, 4.69) is 13.2 Å². The molecule has 0 aromatic rings. The molecule has 0 aromatic heterocycles. The van der Waals surface area contributed by atoms with Crippen molar-refractivity contribution in [2.45, 2.75) is 77.8 Å². The minimum absolute atomic E-state index is 0.0369. The molecule has 0 unspecified atom stereocenters. The number of esters is 3. The maximum atomic E-state index is 13.3. The highest BCUT2D eigenvalue weighted by atomic mass is 16.6. The van der Waals surface area contributed by atoms with Gasteiger partial charge in [0.05, 0.1) is 25.2 Å². The van der Waals surface area contributed by atoms with Gasteiger partial charge in [-0.3, -0.25) is 4.79 Å². The lowest BCUT2D eigenvalue weighted by atomic mass is 9.80. The molecule has 204 valence electrons. The van der Waals surface area contributed by atoms with E-state index in [0.29, 0.717) is 18.4 Å². The van der Waals surface area contributed by atoms with Gasteiger partial charge < -0.3 is 24.1 Å². The zero-order chi connectivity index (χ0) is 27.9. The van der Waals surface area contributed by atoms with Crippen molar-refractivity contribution in [1.29, 1.82) is 0 Å². The number of ether oxygens (including phenoxy) is 4. The molecule has 1 aliphatic heterocycles. The van der Waals surface area contributed by atoms with E-state index in [1.165, 1.54) is 20.1 Å². The standard InChI is InChI=1S/C28H38O9/c1-8-15(3)14-35-23-20(28(33)34-7)12-10-11-16(4)22(30)24-21(18(6)26(31)36-24)25(23)37-27(32)19(9-2)13-17(5)29/h9,12,15,21-25,30H,4,6,8,10-11,13-14H2,1-3,5,7H3/b19-9-,20-12+/t15-,21-,22-,23-,24-,25-/m0/s1. The van der Waals surface area contributed by atoms with Gasteiger partial charge in [-0.05, 0) is 38.2 Å². The van der Waals surface area contributed by atoms with Crippen LogP contribution in [0.25, 0.3) is 0 Å². The van der Waals surface area contributed by atoms with Gasteiger partial charge >= 0.3 is 17.9 Å². The average molecular weight is 519 g/mol. The Balaban J connectivity index is 2.72. The molecule has 0 spiro atoms. The number of hydrogen-bond donors (Lipinski definition) is 1. The van der Waals surface area contributed by atoms with Crippen LogP contribution in [-0.2, 0) is 38.1 Å². The lowest BCUT2D eigenvalue weighted by Crippen LogP contribution is -2.49. The molecule has 0 bridgehead atoms. The van der Waals surface area contributed by atoms with Gasteiger partial charge in [-0.1, -0.05) is 45.6 Å². The summed E-state index contributed by atoms with van der Waals surface area (Å²) < 4.78 is 22.6. The van der Waals surface area contributed by atoms with E-state index in [4.69, 9.17) is 18.9 Å². The quantitative estimate of drug-likeness (QED) is 0.212. The van der Waals surface area contributed by atoms with Crippen LogP contribution in [0.2, 0.25) is 0 Å². The number of aliphatic hydroxyl groups excluding tert-OH is 1. The van der Waals surface area contributed by atoms with E-state index < -0.39 is 48.2 Å². The van der Waals surface area contributed by atoms with Crippen molar-refractivity contribution in [2.75, 3.05) is 13.7 Å². The molecule has 0 aromatic carbocycles. The summed E-state index contributed by atoms with van der Waals surface area (Å²) in [6.45, 7) is 14.9. The Morgan fingerprint density at radius 2 is 1.97 bits per heavy atom. The fourth-order valence-electron chi connectivity index (χ4n) is 4.31. The first-order chi connectivity index (χ1) is 17.5. The Bertz CT molecular complexity index is 990. The van der Waals surface area contributed by atoms with Crippen molar-refractivity contribution in [1.82, 2.24) is 0 Å². The second kappa shape index (κ2) is 13.5. The van der Waals surface area contributed by atoms with Gasteiger partial charge in [0.2, 0.25) is 0 Å². The number of rotatable bonds is 9. The summed E-state index contributed by atoms with van der Waals surface area (Å²) in [4.78, 5) is 50.6. The van der Waals surface area contributed by atoms with Crippen molar-refractivity contribution in [2.24, 2.45) is 11.8 Å². The normalized spacial score (nSPS) is 28.9. The number of ketones is 1. The summed E-state index contributed by atoms with van der Waals surface area (Å²) >= 11 is 0. The van der Waals surface area contributed by atoms with Crippen molar-refractivity contribution >= 4 is 23.7 Å². The summed E-state index contributed by atoms with van der Waals surface area (Å²) in [5.41, 5.74) is 0.552. The van der Waals surface area contributed by atoms with E-state index in [1.807, 2.05) is 13.8 Å². The first-order valence-corrected chi connectivity index (χ1v) is 12.5. The van der Waals surface area contributed by atoms with Crippen LogP contribution in [0.3, 0.4) is 0 Å². The number of hydrogen-bond acceptors (Lipinski definition) is 9. The average Bonchev–Trinajstić information content (AvgIpc) is 3.16. The van der Waals surface area contributed by atoms with Gasteiger partial charge in [0, 0.05) is 17.6 Å². The van der Waals surface area contributed by atoms with Crippen LogP contribution < -0.4 is 0 Å². The maximum Gasteiger partial charge on any atom is 0.336 e. The number of methoxy groups -OCH3 is 1. The molecule has 1 saturated heterocycles. The molecule has 1 fully saturated rings. The molecule has 0 radical (unpaired) electrons. The summed E-state index contributed by atoms with van der Waals surface area (Å²) in [6.07, 6.45) is -0.603. The first kappa shape index (κ1) is 30.2. The minimum atomic E-state index is -1.31. The van der Waals surface area contributed by atoms with E-state index in [-0.39, 0.29) is 41.4 Å². The van der Waals surface area contributed by atoms with E-state index in [9.17, 15) is 24.3 Å². The third kappa shape index (κ3) is 7.26. The van der Waals surface area contributed by atoms with Crippen molar-refractivity contribution < 1.29 is 43.2 Å². The second-order valence-electron chi connectivity index (χ2n) is 9.54. The molecule has 2 aliphatic rings. The summed E-state index contributed by atoms with van der Waals surface area (Å²) in [6, 6.07) is 0. The first-order valence-electron chi connectivity index (χ1n) is 12.5. The van der Waals surface area contributed by atoms with Crippen LogP contribution in [0.4, 0.5) is 0 Å². The minimum Gasteiger partial charge on any atom is -0.466 e. The fraction of sp³-hybridized carbons (Fsp3) is 0.571. The van der Waals surface area contributed by atoms with Crippen LogP contribution >= 0.6 is 0 Å². The SMILES string of the molecule is C=C1C(=O)O[C@H]2[C@H]1[C@H](OC(=O)/C(=C\C)CC(C)=O)[C@@H](OC[C@@H](C)CC)/C(C(=O)OC)=C\CCC(=C)[C@@H]2O. The molecule has 9 heteroatoms. The molecule has 2 rings (SSSR count). The molecule has 9 nitrogen and oxygen atoms in total. The third-order valence-corrected chi connectivity index (χ3v) is 6.75. The number of fused-ring (bicyclic) bond motifs is 1. The zero-order valence-corrected chi connectivity index (χ0v) is 22.3. The van der Waals surface area contributed by atoms with Gasteiger partial charge in [0.25, 0.3) is 0 Å². The van der Waals surface area contributed by atoms with Crippen LogP contribution in [0.15, 0.2) is 47.6 Å². The lowest BCUT2D eigenvalue weighted by Gasteiger charge is -2.36. The van der Waals surface area contributed by atoms with Crippen LogP contribution in [0, 0.1) is 11.8 Å². The van der Waals surface area contributed by atoms with Crippen molar-refractivity contribution in [3.05, 3.63) is 47.6 Å². The molecular weight excluding hydrogens is 480 g/mol. The molecule has 6 atom stereocenters. The van der Waals surface area contributed by atoms with Crippen molar-refractivity contribution in [3.63, 3.8) is 0 Å². The number of carbonyl (C=O) groups excluding carboxylic acids is 4. The van der Waals surface area contributed by atoms with Crippen molar-refractivity contribution in [3.8, 4) is 0 Å². The third-order valence-electron chi connectivity index (χ3n) is 6.75. The summed E-state index contributed by atoms with van der Waals surface area (Å²) in [7, 11) is 1.23. The van der Waals surface area contributed by atoms with E-state index in [1.54, 1.807) is 13.0 Å². The molecule has 37 heavy (non-hydrogen) atoms. The van der Waals surface area contributed by atoms with Gasteiger partial charge in [0.1, 0.15) is 30.2 Å². The largest absolute Gasteiger partial charge is 0.466 e. The zero-order valence-electron chi connectivity index (χ0n) is 22.3. The van der Waals surface area contributed by atoms with E-state index >= 15 is 0 Å². The molecule has 1 N–H and O–H groups in total.